The van der Waals surface area contributed by atoms with E-state index >= 15 is 0 Å². The summed E-state index contributed by atoms with van der Waals surface area (Å²) in [6.07, 6.45) is 0.0938. The molecule has 0 radical (unpaired) electrons. The van der Waals surface area contributed by atoms with E-state index < -0.39 is 11.6 Å². The molecule has 0 saturated carbocycles. The highest BCUT2D eigenvalue weighted by Crippen LogP contribution is 2.33. The number of tetrazole rings is 1. The van der Waals surface area contributed by atoms with Gasteiger partial charge in [-0.05, 0) is 47.9 Å². The van der Waals surface area contributed by atoms with Crippen LogP contribution in [0.1, 0.15) is 25.8 Å². The van der Waals surface area contributed by atoms with E-state index in [1.165, 1.54) is 0 Å². The fourth-order valence-electron chi connectivity index (χ4n) is 4.46. The minimum Gasteiger partial charge on any atom is -0.489 e. The highest BCUT2D eigenvalue weighted by atomic mass is 16.5. The Kier molecular flexibility index (Phi) is 6.89. The molecule has 0 spiro atoms. The molecule has 3 aromatic carbocycles. The topological polar surface area (TPSA) is 139 Å². The van der Waals surface area contributed by atoms with Gasteiger partial charge < -0.3 is 20.7 Å². The Morgan fingerprint density at radius 3 is 2.50 bits per heavy atom. The molecule has 0 unspecified atom stereocenters. The summed E-state index contributed by atoms with van der Waals surface area (Å²) in [5, 5.41) is 17.2. The van der Waals surface area contributed by atoms with Crippen LogP contribution in [0, 0.1) is 0 Å². The van der Waals surface area contributed by atoms with E-state index in [1.54, 1.807) is 18.7 Å². The number of hydrogen-bond donors (Lipinski definition) is 3. The fourth-order valence-corrected chi connectivity index (χ4v) is 4.46. The number of para-hydroxylation sites is 2. The third-order valence-corrected chi connectivity index (χ3v) is 6.20. The van der Waals surface area contributed by atoms with Gasteiger partial charge in [0.15, 0.2) is 0 Å². The Morgan fingerprint density at radius 1 is 1.08 bits per heavy atom. The molecular formula is C28H29N7O3. The molecule has 194 valence electrons. The molecule has 2 amide bonds. The second kappa shape index (κ2) is 10.4. The number of H-pyrrole nitrogens is 1. The van der Waals surface area contributed by atoms with Crippen LogP contribution in [-0.2, 0) is 16.1 Å². The van der Waals surface area contributed by atoms with E-state index in [2.05, 4.69) is 25.9 Å². The zero-order chi connectivity index (χ0) is 26.7. The zero-order valence-electron chi connectivity index (χ0n) is 21.2. The highest BCUT2D eigenvalue weighted by Gasteiger charge is 2.33. The molecule has 0 bridgehead atoms. The van der Waals surface area contributed by atoms with Gasteiger partial charge in [-0.2, -0.15) is 5.21 Å². The second-order valence-corrected chi connectivity index (χ2v) is 9.97. The number of nitrogens with two attached hydrogens (primary N) is 1. The molecule has 10 nitrogen and oxygen atoms in total. The van der Waals surface area contributed by atoms with Crippen LogP contribution in [0.5, 0.6) is 5.75 Å². The number of aromatic amines is 1. The summed E-state index contributed by atoms with van der Waals surface area (Å²) in [4.78, 5) is 27.9. The molecule has 38 heavy (non-hydrogen) atoms. The Hall–Kier alpha value is -4.57. The van der Waals surface area contributed by atoms with Crippen molar-refractivity contribution in [1.82, 2.24) is 25.9 Å². The number of fused-ring (bicyclic) bond motifs is 1. The number of nitrogens with zero attached hydrogens (tertiary/aromatic N) is 4. The predicted molar refractivity (Wildman–Crippen MR) is 143 cm³/mol. The van der Waals surface area contributed by atoms with Crippen LogP contribution in [0.2, 0.25) is 0 Å². The molecular weight excluding hydrogens is 482 g/mol. The number of rotatable bonds is 7. The van der Waals surface area contributed by atoms with Gasteiger partial charge in [-0.25, -0.2) is 0 Å². The van der Waals surface area contributed by atoms with E-state index in [9.17, 15) is 9.59 Å². The van der Waals surface area contributed by atoms with Gasteiger partial charge >= 0.3 is 0 Å². The van der Waals surface area contributed by atoms with Crippen LogP contribution in [0.25, 0.3) is 22.5 Å². The van der Waals surface area contributed by atoms with Crippen molar-refractivity contribution in [1.29, 1.82) is 0 Å². The van der Waals surface area contributed by atoms with Crippen molar-refractivity contribution >= 4 is 17.5 Å². The van der Waals surface area contributed by atoms with Crippen LogP contribution in [0.3, 0.4) is 0 Å². The second-order valence-electron chi connectivity index (χ2n) is 9.97. The zero-order valence-corrected chi connectivity index (χ0v) is 21.2. The van der Waals surface area contributed by atoms with Gasteiger partial charge in [0, 0.05) is 17.5 Å². The summed E-state index contributed by atoms with van der Waals surface area (Å²) < 4.78 is 5.93. The molecule has 4 aromatic rings. The lowest BCUT2D eigenvalue weighted by Crippen LogP contribution is -2.51. The lowest BCUT2D eigenvalue weighted by molar-refractivity contribution is -0.128. The van der Waals surface area contributed by atoms with Crippen LogP contribution in [0.15, 0.2) is 72.8 Å². The minimum absolute atomic E-state index is 0.0366. The van der Waals surface area contributed by atoms with Gasteiger partial charge in [0.2, 0.25) is 11.7 Å². The van der Waals surface area contributed by atoms with Crippen molar-refractivity contribution in [3.05, 3.63) is 78.4 Å². The molecule has 1 aliphatic heterocycles. The number of hydrogen-bond acceptors (Lipinski definition) is 7. The van der Waals surface area contributed by atoms with Gasteiger partial charge in [-0.1, -0.05) is 60.7 Å². The Morgan fingerprint density at radius 2 is 1.79 bits per heavy atom. The molecule has 4 N–H and O–H groups in total. The van der Waals surface area contributed by atoms with Crippen molar-refractivity contribution in [2.45, 2.75) is 38.4 Å². The van der Waals surface area contributed by atoms with Crippen molar-refractivity contribution in [3.63, 3.8) is 0 Å². The van der Waals surface area contributed by atoms with E-state index in [-0.39, 0.29) is 24.8 Å². The van der Waals surface area contributed by atoms with Gasteiger partial charge in [-0.15, -0.1) is 10.2 Å². The maximum Gasteiger partial charge on any atom is 0.253 e. The van der Waals surface area contributed by atoms with Crippen LogP contribution in [0.4, 0.5) is 5.69 Å². The molecule has 0 aliphatic carbocycles. The number of aromatic nitrogens is 4. The molecule has 1 atom stereocenters. The first-order valence-electron chi connectivity index (χ1n) is 12.3. The first-order valence-corrected chi connectivity index (χ1v) is 12.3. The number of anilines is 1. The third kappa shape index (κ3) is 5.55. The number of carbonyl (C=O) groups excluding carboxylic acids is 2. The number of ether oxygens (including phenoxy) is 1. The quantitative estimate of drug-likeness (QED) is 0.346. The summed E-state index contributed by atoms with van der Waals surface area (Å²) >= 11 is 0. The van der Waals surface area contributed by atoms with Crippen molar-refractivity contribution in [2.24, 2.45) is 5.73 Å². The van der Waals surface area contributed by atoms with Crippen LogP contribution >= 0.6 is 0 Å². The van der Waals surface area contributed by atoms with Gasteiger partial charge in [0.05, 0.1) is 12.2 Å². The molecule has 10 heteroatoms. The van der Waals surface area contributed by atoms with Crippen LogP contribution < -0.4 is 20.7 Å². The first-order chi connectivity index (χ1) is 18.3. The third-order valence-electron chi connectivity index (χ3n) is 6.20. The standard InChI is InChI=1S/C28H29N7O3/c1-28(2,29)15-25(36)30-22-17-38-24-10-6-5-9-23(24)35(27(22)37)16-18-11-13-19(14-12-18)20-7-3-4-8-21(20)26-31-33-34-32-26/h3-14,22H,15-17,29H2,1-2H3,(H,30,36)(H,31,32,33,34)/t22-/m1/s1. The summed E-state index contributed by atoms with van der Waals surface area (Å²) in [7, 11) is 0. The molecule has 0 fully saturated rings. The number of carbonyl (C=O) groups is 2. The highest BCUT2D eigenvalue weighted by molar-refractivity contribution is 6.01. The van der Waals surface area contributed by atoms with E-state index in [0.717, 1.165) is 22.3 Å². The summed E-state index contributed by atoms with van der Waals surface area (Å²) in [6, 6.07) is 22.3. The van der Waals surface area contributed by atoms with E-state index in [4.69, 9.17) is 10.5 Å². The van der Waals surface area contributed by atoms with Gasteiger partial charge in [0.1, 0.15) is 18.4 Å². The normalized spacial score (nSPS) is 15.4. The minimum atomic E-state index is -0.835. The molecule has 1 aliphatic rings. The monoisotopic (exact) mass is 511 g/mol. The molecule has 5 rings (SSSR count). The molecule has 0 saturated heterocycles. The average Bonchev–Trinajstić information content (AvgIpc) is 3.40. The summed E-state index contributed by atoms with van der Waals surface area (Å²) in [6.45, 7) is 3.88. The maximum absolute atomic E-state index is 13.7. The smallest absolute Gasteiger partial charge is 0.253 e. The van der Waals surface area contributed by atoms with Crippen molar-refractivity contribution < 1.29 is 14.3 Å². The van der Waals surface area contributed by atoms with Crippen molar-refractivity contribution in [3.8, 4) is 28.3 Å². The SMILES string of the molecule is CC(C)(N)CC(=O)N[C@@H]1COc2ccccc2N(Cc2ccc(-c3ccccc3-c3nn[nH]n3)cc2)C1=O. The summed E-state index contributed by atoms with van der Waals surface area (Å²) in [5.74, 6) is 0.560. The van der Waals surface area contributed by atoms with Gasteiger partial charge in [0.25, 0.3) is 5.91 Å². The Bertz CT molecular complexity index is 1430. The first kappa shape index (κ1) is 25.1. The Balaban J connectivity index is 1.40. The van der Waals surface area contributed by atoms with Crippen molar-refractivity contribution in [2.75, 3.05) is 11.5 Å². The predicted octanol–water partition coefficient (Wildman–Crippen LogP) is 3.07. The Labute approximate surface area is 220 Å². The number of benzene rings is 3. The van der Waals surface area contributed by atoms with Crippen LogP contribution in [-0.4, -0.2) is 50.6 Å². The number of amides is 2. The molecule has 1 aromatic heterocycles. The average molecular weight is 512 g/mol. The molecule has 2 heterocycles. The lowest BCUT2D eigenvalue weighted by atomic mass is 9.98. The summed E-state index contributed by atoms with van der Waals surface area (Å²) in [5.41, 5.74) is 9.69. The fraction of sp³-hybridized carbons (Fsp3) is 0.250. The van der Waals surface area contributed by atoms with Gasteiger partial charge in [-0.3, -0.25) is 9.59 Å². The van der Waals surface area contributed by atoms with E-state index in [1.807, 2.05) is 72.8 Å². The largest absolute Gasteiger partial charge is 0.489 e. The maximum atomic E-state index is 13.7. The lowest BCUT2D eigenvalue weighted by Gasteiger charge is -2.26. The number of nitrogens with one attached hydrogen (secondary N) is 2. The van der Waals surface area contributed by atoms with E-state index in [0.29, 0.717) is 23.8 Å².